The Morgan fingerprint density at radius 1 is 0.583 bits per heavy atom. The molecule has 2 fully saturated rings. The third kappa shape index (κ3) is 7.62. The zero-order valence-electron chi connectivity index (χ0n) is 14.4. The van der Waals surface area contributed by atoms with Crippen LogP contribution in [0, 0.1) is 11.8 Å². The van der Waals surface area contributed by atoms with E-state index in [2.05, 4.69) is 0 Å². The van der Waals surface area contributed by atoms with Crippen molar-refractivity contribution in [1.29, 1.82) is 0 Å². The van der Waals surface area contributed by atoms with Crippen LogP contribution in [0.15, 0.2) is 0 Å². The third-order valence-corrected chi connectivity index (χ3v) is 5.20. The normalized spacial score (nSPS) is 23.1. The van der Waals surface area contributed by atoms with Crippen LogP contribution in [0.25, 0.3) is 0 Å². The minimum Gasteiger partial charge on any atom is -0.479 e. The zero-order chi connectivity index (χ0) is 17.9. The number of rotatable bonds is 4. The second kappa shape index (κ2) is 11.4. The predicted octanol–water partition coefficient (Wildman–Crippen LogP) is 2.80. The molecule has 6 heteroatoms. The van der Waals surface area contributed by atoms with E-state index in [4.69, 9.17) is 10.2 Å². The van der Waals surface area contributed by atoms with Gasteiger partial charge in [-0.1, -0.05) is 51.4 Å². The minimum absolute atomic E-state index is 0.00926. The van der Waals surface area contributed by atoms with Crippen LogP contribution in [0.1, 0.15) is 77.0 Å². The average molecular weight is 344 g/mol. The van der Waals surface area contributed by atoms with Crippen LogP contribution < -0.4 is 0 Å². The Morgan fingerprint density at radius 3 is 1.04 bits per heavy atom. The highest BCUT2D eigenvalue weighted by Crippen LogP contribution is 2.26. The van der Waals surface area contributed by atoms with Gasteiger partial charge in [-0.15, -0.1) is 0 Å². The van der Waals surface area contributed by atoms with Gasteiger partial charge in [-0.25, -0.2) is 9.59 Å². The van der Waals surface area contributed by atoms with E-state index in [0.717, 1.165) is 51.4 Å². The number of hydrogen-bond acceptors (Lipinski definition) is 4. The minimum atomic E-state index is -1.14. The Balaban J connectivity index is 0.000000240. The molecule has 0 aromatic heterocycles. The maximum atomic E-state index is 10.5. The van der Waals surface area contributed by atoms with Gasteiger partial charge in [0.1, 0.15) is 0 Å². The van der Waals surface area contributed by atoms with Gasteiger partial charge in [0.05, 0.1) is 0 Å². The van der Waals surface area contributed by atoms with Crippen LogP contribution in [-0.4, -0.2) is 44.6 Å². The third-order valence-electron chi connectivity index (χ3n) is 5.20. The van der Waals surface area contributed by atoms with E-state index < -0.39 is 24.1 Å². The number of hydrogen-bond donors (Lipinski definition) is 4. The molecule has 2 rings (SSSR count). The topological polar surface area (TPSA) is 115 Å². The van der Waals surface area contributed by atoms with Gasteiger partial charge in [0.15, 0.2) is 12.2 Å². The van der Waals surface area contributed by atoms with Gasteiger partial charge in [-0.3, -0.25) is 0 Å². The molecule has 0 aromatic carbocycles. The van der Waals surface area contributed by atoms with Crippen LogP contribution in [0.5, 0.6) is 0 Å². The molecule has 2 atom stereocenters. The summed E-state index contributed by atoms with van der Waals surface area (Å²) in [5.41, 5.74) is 0. The highest BCUT2D eigenvalue weighted by atomic mass is 16.4. The zero-order valence-corrected chi connectivity index (χ0v) is 14.4. The number of carboxylic acid groups (broad SMARTS) is 2. The number of aliphatic carboxylic acids is 2. The lowest BCUT2D eigenvalue weighted by atomic mass is 9.94. The van der Waals surface area contributed by atoms with Gasteiger partial charge in [-0.05, 0) is 37.5 Å². The van der Waals surface area contributed by atoms with Crippen molar-refractivity contribution in [3.8, 4) is 0 Å². The molecule has 140 valence electrons. The van der Waals surface area contributed by atoms with Crippen LogP contribution in [-0.2, 0) is 9.59 Å². The van der Waals surface area contributed by atoms with E-state index in [9.17, 15) is 19.8 Å². The van der Waals surface area contributed by atoms with Crippen molar-refractivity contribution in [2.45, 2.75) is 89.3 Å². The molecule has 0 bridgehead atoms. The summed E-state index contributed by atoms with van der Waals surface area (Å²) in [6.07, 6.45) is 10.2. The molecule has 0 heterocycles. The van der Waals surface area contributed by atoms with Gasteiger partial charge in [0.2, 0.25) is 0 Å². The highest BCUT2D eigenvalue weighted by Gasteiger charge is 2.26. The SMILES string of the molecule is O=C(O)[C@H](O)C1CCCCCC1.O=C(O)[C@H](O)C1CCCCCC1. The number of aliphatic hydroxyl groups is 2. The molecule has 2 aliphatic rings. The second-order valence-corrected chi connectivity index (χ2v) is 7.07. The van der Waals surface area contributed by atoms with E-state index in [1.807, 2.05) is 0 Å². The molecule has 4 N–H and O–H groups in total. The summed E-state index contributed by atoms with van der Waals surface area (Å²) in [5.74, 6) is -2.15. The van der Waals surface area contributed by atoms with Crippen molar-refractivity contribution >= 4 is 11.9 Å². The Bertz CT molecular complexity index is 332. The van der Waals surface area contributed by atoms with Crippen molar-refractivity contribution in [2.24, 2.45) is 11.8 Å². The first-order valence-corrected chi connectivity index (χ1v) is 9.25. The largest absolute Gasteiger partial charge is 0.479 e. The van der Waals surface area contributed by atoms with Crippen molar-refractivity contribution in [1.82, 2.24) is 0 Å². The van der Waals surface area contributed by atoms with Crippen LogP contribution in [0.4, 0.5) is 0 Å². The van der Waals surface area contributed by atoms with Gasteiger partial charge < -0.3 is 20.4 Å². The van der Waals surface area contributed by atoms with Gasteiger partial charge in [-0.2, -0.15) is 0 Å². The summed E-state index contributed by atoms with van der Waals surface area (Å²) < 4.78 is 0. The Morgan fingerprint density at radius 2 is 0.833 bits per heavy atom. The first-order chi connectivity index (χ1) is 11.4. The molecular weight excluding hydrogens is 312 g/mol. The summed E-state index contributed by atoms with van der Waals surface area (Å²) in [5, 5.41) is 35.7. The molecule has 2 saturated carbocycles. The van der Waals surface area contributed by atoms with Crippen LogP contribution >= 0.6 is 0 Å². The fourth-order valence-electron chi connectivity index (χ4n) is 3.66. The lowest BCUT2D eigenvalue weighted by Crippen LogP contribution is -2.28. The van der Waals surface area contributed by atoms with Crippen molar-refractivity contribution in [3.63, 3.8) is 0 Å². The average Bonchev–Trinajstić information content (AvgIpc) is 2.98. The molecule has 0 spiro atoms. The molecule has 0 saturated heterocycles. The second-order valence-electron chi connectivity index (χ2n) is 7.07. The van der Waals surface area contributed by atoms with Crippen LogP contribution in [0.3, 0.4) is 0 Å². The van der Waals surface area contributed by atoms with Crippen molar-refractivity contribution in [3.05, 3.63) is 0 Å². The first-order valence-electron chi connectivity index (χ1n) is 9.25. The molecule has 0 radical (unpaired) electrons. The molecule has 6 nitrogen and oxygen atoms in total. The fraction of sp³-hybridized carbons (Fsp3) is 0.889. The summed E-state index contributed by atoms with van der Waals surface area (Å²) >= 11 is 0. The molecular formula is C18H32O6. The number of carbonyl (C=O) groups is 2. The lowest BCUT2D eigenvalue weighted by Gasteiger charge is -2.16. The Kier molecular flexibility index (Phi) is 9.95. The Hall–Kier alpha value is -1.14. The van der Waals surface area contributed by atoms with Crippen molar-refractivity contribution < 1.29 is 30.0 Å². The van der Waals surface area contributed by atoms with Gasteiger partial charge in [0, 0.05) is 0 Å². The molecule has 24 heavy (non-hydrogen) atoms. The first kappa shape index (κ1) is 20.9. The molecule has 0 aromatic rings. The maximum Gasteiger partial charge on any atom is 0.332 e. The van der Waals surface area contributed by atoms with E-state index in [-0.39, 0.29) is 11.8 Å². The fourth-order valence-corrected chi connectivity index (χ4v) is 3.66. The molecule has 0 unspecified atom stereocenters. The summed E-state index contributed by atoms with van der Waals surface area (Å²) in [6, 6.07) is 0. The molecule has 0 aliphatic heterocycles. The van der Waals surface area contributed by atoms with Crippen LogP contribution in [0.2, 0.25) is 0 Å². The van der Waals surface area contributed by atoms with Gasteiger partial charge >= 0.3 is 11.9 Å². The summed E-state index contributed by atoms with van der Waals surface area (Å²) in [6.45, 7) is 0. The molecule has 2 aliphatic carbocycles. The van der Waals surface area contributed by atoms with E-state index >= 15 is 0 Å². The van der Waals surface area contributed by atoms with E-state index in [1.54, 1.807) is 0 Å². The number of aliphatic hydroxyl groups excluding tert-OH is 2. The molecule has 0 amide bonds. The summed E-state index contributed by atoms with van der Waals surface area (Å²) in [4.78, 5) is 20.9. The predicted molar refractivity (Wildman–Crippen MR) is 89.7 cm³/mol. The number of carboxylic acids is 2. The van der Waals surface area contributed by atoms with Crippen molar-refractivity contribution in [2.75, 3.05) is 0 Å². The monoisotopic (exact) mass is 344 g/mol. The standard InChI is InChI=1S/2C9H16O3/c2*10-8(9(11)12)7-5-3-1-2-4-6-7/h2*7-8,10H,1-6H2,(H,11,12)/t2*8-/m11/s1. The lowest BCUT2D eigenvalue weighted by molar-refractivity contribution is -0.150. The van der Waals surface area contributed by atoms with E-state index in [1.165, 1.54) is 25.7 Å². The van der Waals surface area contributed by atoms with E-state index in [0.29, 0.717) is 0 Å². The highest BCUT2D eigenvalue weighted by molar-refractivity contribution is 5.72. The smallest absolute Gasteiger partial charge is 0.332 e. The maximum absolute atomic E-state index is 10.5. The van der Waals surface area contributed by atoms with Gasteiger partial charge in [0.25, 0.3) is 0 Å². The Labute approximate surface area is 143 Å². The summed E-state index contributed by atoms with van der Waals surface area (Å²) in [7, 11) is 0. The quantitative estimate of drug-likeness (QED) is 0.583.